The molecule has 0 saturated heterocycles. The Labute approximate surface area is 163 Å². The van der Waals surface area contributed by atoms with Crippen LogP contribution in [0.4, 0.5) is 5.00 Å². The second kappa shape index (κ2) is 7.72. The highest BCUT2D eigenvalue weighted by Gasteiger charge is 2.31. The Bertz CT molecular complexity index is 819. The average Bonchev–Trinajstić information content (AvgIpc) is 3.24. The van der Waals surface area contributed by atoms with Gasteiger partial charge in [-0.1, -0.05) is 19.0 Å². The van der Waals surface area contributed by atoms with Crippen molar-refractivity contribution in [2.24, 2.45) is 17.8 Å². The fourth-order valence-corrected chi connectivity index (χ4v) is 5.39. The summed E-state index contributed by atoms with van der Waals surface area (Å²) in [6, 6.07) is 0. The van der Waals surface area contributed by atoms with Crippen LogP contribution in [-0.4, -0.2) is 22.7 Å². The van der Waals surface area contributed by atoms with Gasteiger partial charge in [0.1, 0.15) is 5.00 Å². The average molecular weight is 390 g/mol. The molecule has 4 rings (SSSR count). The van der Waals surface area contributed by atoms with E-state index >= 15 is 0 Å². The highest BCUT2D eigenvalue weighted by molar-refractivity contribution is 7.17. The first-order chi connectivity index (χ1) is 13.0. The Morgan fingerprint density at radius 1 is 1.26 bits per heavy atom. The standard InChI is InChI=1S/C20H27N3O3S/c1-11(2)13-4-6-14(7-5-13)18(24)22-20-17(19-21-12(3)23-26-19)15-8-9-25-10-16(15)27-20/h11,13-14H,4-10H2,1-3H3,(H,22,24). The first-order valence-electron chi connectivity index (χ1n) is 9.86. The molecule has 1 amide bonds. The second-order valence-corrected chi connectivity index (χ2v) is 9.11. The first kappa shape index (κ1) is 18.6. The van der Waals surface area contributed by atoms with Crippen molar-refractivity contribution in [1.82, 2.24) is 10.1 Å². The number of nitrogens with zero attached hydrogens (tertiary/aromatic N) is 2. The van der Waals surface area contributed by atoms with Crippen LogP contribution in [0, 0.1) is 24.7 Å². The lowest BCUT2D eigenvalue weighted by atomic mass is 9.77. The van der Waals surface area contributed by atoms with Gasteiger partial charge in [0.15, 0.2) is 5.82 Å². The molecule has 1 saturated carbocycles. The predicted octanol–water partition coefficient (Wildman–Crippen LogP) is 4.58. The Balaban J connectivity index is 1.55. The quantitative estimate of drug-likeness (QED) is 0.828. The number of rotatable bonds is 4. The number of carbonyl (C=O) groups excluding carboxylic acids is 1. The van der Waals surface area contributed by atoms with Crippen LogP contribution in [0.15, 0.2) is 4.52 Å². The lowest BCUT2D eigenvalue weighted by Gasteiger charge is -2.30. The number of aromatic nitrogens is 2. The van der Waals surface area contributed by atoms with Gasteiger partial charge in [0.2, 0.25) is 5.91 Å². The third-order valence-electron chi connectivity index (χ3n) is 5.88. The van der Waals surface area contributed by atoms with E-state index in [-0.39, 0.29) is 11.8 Å². The van der Waals surface area contributed by atoms with Gasteiger partial charge < -0.3 is 14.6 Å². The van der Waals surface area contributed by atoms with Gasteiger partial charge >= 0.3 is 0 Å². The fourth-order valence-electron chi connectivity index (χ4n) is 4.21. The smallest absolute Gasteiger partial charge is 0.261 e. The van der Waals surface area contributed by atoms with E-state index < -0.39 is 0 Å². The van der Waals surface area contributed by atoms with Crippen LogP contribution in [0.2, 0.25) is 0 Å². The van der Waals surface area contributed by atoms with E-state index in [2.05, 4.69) is 29.3 Å². The number of anilines is 1. The van der Waals surface area contributed by atoms with Crippen molar-refractivity contribution >= 4 is 22.2 Å². The Kier molecular flexibility index (Phi) is 5.32. The summed E-state index contributed by atoms with van der Waals surface area (Å²) in [4.78, 5) is 18.5. The number of nitrogens with one attached hydrogen (secondary N) is 1. The molecule has 0 bridgehead atoms. The summed E-state index contributed by atoms with van der Waals surface area (Å²) < 4.78 is 11.0. The summed E-state index contributed by atoms with van der Waals surface area (Å²) in [6.07, 6.45) is 5.02. The highest BCUT2D eigenvalue weighted by Crippen LogP contribution is 2.43. The number of hydrogen-bond acceptors (Lipinski definition) is 6. The molecule has 2 aromatic heterocycles. The van der Waals surface area contributed by atoms with Crippen molar-refractivity contribution < 1.29 is 14.1 Å². The zero-order valence-corrected chi connectivity index (χ0v) is 17.0. The molecular formula is C20H27N3O3S. The van der Waals surface area contributed by atoms with Crippen LogP contribution in [0.1, 0.15) is 55.8 Å². The molecule has 1 aliphatic heterocycles. The summed E-state index contributed by atoms with van der Waals surface area (Å²) in [6.45, 7) is 7.62. The van der Waals surface area contributed by atoms with Gasteiger partial charge in [-0.2, -0.15) is 4.98 Å². The van der Waals surface area contributed by atoms with Crippen LogP contribution in [0.5, 0.6) is 0 Å². The van der Waals surface area contributed by atoms with Crippen molar-refractivity contribution in [1.29, 1.82) is 0 Å². The van der Waals surface area contributed by atoms with E-state index in [4.69, 9.17) is 9.26 Å². The zero-order chi connectivity index (χ0) is 19.0. The van der Waals surface area contributed by atoms with Crippen LogP contribution in [0.3, 0.4) is 0 Å². The van der Waals surface area contributed by atoms with Gasteiger partial charge in [-0.15, -0.1) is 11.3 Å². The van der Waals surface area contributed by atoms with Gasteiger partial charge in [0.25, 0.3) is 5.89 Å². The molecule has 27 heavy (non-hydrogen) atoms. The van der Waals surface area contributed by atoms with E-state index in [1.807, 2.05) is 0 Å². The SMILES string of the molecule is Cc1noc(-c2c(NC(=O)C3CCC(C(C)C)CC3)sc3c2CCOC3)n1. The number of aryl methyl sites for hydroxylation is 1. The number of amides is 1. The number of ether oxygens (including phenoxy) is 1. The Morgan fingerprint density at radius 3 is 2.70 bits per heavy atom. The molecular weight excluding hydrogens is 362 g/mol. The molecule has 0 aromatic carbocycles. The summed E-state index contributed by atoms with van der Waals surface area (Å²) in [5.41, 5.74) is 2.07. The van der Waals surface area contributed by atoms with Gasteiger partial charge in [-0.25, -0.2) is 0 Å². The largest absolute Gasteiger partial charge is 0.376 e. The topological polar surface area (TPSA) is 77.2 Å². The molecule has 1 fully saturated rings. The van der Waals surface area contributed by atoms with Crippen molar-refractivity contribution in [2.75, 3.05) is 11.9 Å². The van der Waals surface area contributed by atoms with E-state index in [0.29, 0.717) is 30.8 Å². The van der Waals surface area contributed by atoms with E-state index in [1.54, 1.807) is 18.3 Å². The molecule has 0 radical (unpaired) electrons. The van der Waals surface area contributed by atoms with Crippen molar-refractivity contribution in [3.63, 3.8) is 0 Å². The van der Waals surface area contributed by atoms with Gasteiger partial charge in [-0.05, 0) is 56.4 Å². The third kappa shape index (κ3) is 3.80. The van der Waals surface area contributed by atoms with Gasteiger partial charge in [0.05, 0.1) is 18.8 Å². The normalized spacial score (nSPS) is 22.7. The summed E-state index contributed by atoms with van der Waals surface area (Å²) in [5, 5.41) is 7.94. The minimum absolute atomic E-state index is 0.0904. The van der Waals surface area contributed by atoms with Crippen LogP contribution < -0.4 is 5.32 Å². The summed E-state index contributed by atoms with van der Waals surface area (Å²) >= 11 is 1.58. The molecule has 1 N–H and O–H groups in total. The minimum atomic E-state index is 0.0904. The van der Waals surface area contributed by atoms with E-state index in [0.717, 1.165) is 53.5 Å². The lowest BCUT2D eigenvalue weighted by Crippen LogP contribution is -2.28. The molecule has 7 heteroatoms. The molecule has 1 aliphatic carbocycles. The highest BCUT2D eigenvalue weighted by atomic mass is 32.1. The minimum Gasteiger partial charge on any atom is -0.376 e. The van der Waals surface area contributed by atoms with Crippen molar-refractivity contribution in [2.45, 2.75) is 59.5 Å². The van der Waals surface area contributed by atoms with E-state index in [1.165, 1.54) is 5.56 Å². The van der Waals surface area contributed by atoms with Crippen LogP contribution >= 0.6 is 11.3 Å². The molecule has 2 aromatic rings. The molecule has 6 nitrogen and oxygen atoms in total. The maximum absolute atomic E-state index is 12.9. The van der Waals surface area contributed by atoms with Crippen molar-refractivity contribution in [3.05, 3.63) is 16.3 Å². The zero-order valence-electron chi connectivity index (χ0n) is 16.2. The third-order valence-corrected chi connectivity index (χ3v) is 7.00. The van der Waals surface area contributed by atoms with Gasteiger partial charge in [0, 0.05) is 10.8 Å². The summed E-state index contributed by atoms with van der Waals surface area (Å²) in [5.74, 6) is 2.75. The lowest BCUT2D eigenvalue weighted by molar-refractivity contribution is -0.121. The fraction of sp³-hybridized carbons (Fsp3) is 0.650. The number of thiophene rings is 1. The maximum atomic E-state index is 12.9. The number of fused-ring (bicyclic) bond motifs is 1. The molecule has 0 atom stereocenters. The van der Waals surface area contributed by atoms with Gasteiger partial charge in [-0.3, -0.25) is 4.79 Å². The number of carbonyl (C=O) groups is 1. The Morgan fingerprint density at radius 2 is 2.04 bits per heavy atom. The molecule has 146 valence electrons. The predicted molar refractivity (Wildman–Crippen MR) is 105 cm³/mol. The molecule has 3 heterocycles. The first-order valence-corrected chi connectivity index (χ1v) is 10.7. The Hall–Kier alpha value is -1.73. The van der Waals surface area contributed by atoms with E-state index in [9.17, 15) is 4.79 Å². The summed E-state index contributed by atoms with van der Waals surface area (Å²) in [7, 11) is 0. The van der Waals surface area contributed by atoms with Crippen LogP contribution in [0.25, 0.3) is 11.5 Å². The van der Waals surface area contributed by atoms with Crippen LogP contribution in [-0.2, 0) is 22.6 Å². The maximum Gasteiger partial charge on any atom is 0.261 e. The molecule has 0 spiro atoms. The van der Waals surface area contributed by atoms with Crippen molar-refractivity contribution in [3.8, 4) is 11.5 Å². The molecule has 0 unspecified atom stereocenters. The second-order valence-electron chi connectivity index (χ2n) is 8.00. The number of hydrogen-bond donors (Lipinski definition) is 1. The monoisotopic (exact) mass is 389 g/mol. The molecule has 2 aliphatic rings.